The van der Waals surface area contributed by atoms with Crippen molar-refractivity contribution in [2.24, 2.45) is 5.92 Å². The van der Waals surface area contributed by atoms with Crippen LogP contribution in [0.5, 0.6) is 0 Å². The zero-order chi connectivity index (χ0) is 13.5. The topological polar surface area (TPSA) is 40.5 Å². The van der Waals surface area contributed by atoms with Gasteiger partial charge in [-0.1, -0.05) is 38.1 Å². The molecule has 0 amide bonds. The minimum absolute atomic E-state index is 0.269. The summed E-state index contributed by atoms with van der Waals surface area (Å²) in [7, 11) is 2.03. The Balaban J connectivity index is 2.39. The van der Waals surface area contributed by atoms with Crippen molar-refractivity contribution in [1.29, 1.82) is 0 Å². The van der Waals surface area contributed by atoms with Crippen LogP contribution in [0.2, 0.25) is 0 Å². The van der Waals surface area contributed by atoms with E-state index in [-0.39, 0.29) is 5.92 Å². The molecule has 1 atom stereocenters. The van der Waals surface area contributed by atoms with E-state index in [0.717, 1.165) is 19.5 Å². The van der Waals surface area contributed by atoms with Gasteiger partial charge in [-0.3, -0.25) is 4.79 Å². The van der Waals surface area contributed by atoms with Crippen LogP contribution in [0, 0.1) is 5.92 Å². The van der Waals surface area contributed by atoms with E-state index in [1.165, 1.54) is 11.1 Å². The first-order valence-corrected chi connectivity index (χ1v) is 6.52. The second-order valence-corrected chi connectivity index (χ2v) is 4.94. The summed E-state index contributed by atoms with van der Waals surface area (Å²) in [6.07, 6.45) is 1.76. The molecular weight excluding hydrogens is 226 g/mol. The van der Waals surface area contributed by atoms with Crippen molar-refractivity contribution in [3.8, 4) is 0 Å². The van der Waals surface area contributed by atoms with Gasteiger partial charge in [0.05, 0.1) is 5.92 Å². The third kappa shape index (κ3) is 4.88. The SMILES string of the molecule is CCc1ccc(CN(C)CCC(C)C(=O)O)cc1. The van der Waals surface area contributed by atoms with Gasteiger partial charge in [0, 0.05) is 6.54 Å². The van der Waals surface area contributed by atoms with Crippen LogP contribution in [0.25, 0.3) is 0 Å². The molecule has 0 aromatic heterocycles. The lowest BCUT2D eigenvalue weighted by molar-refractivity contribution is -0.141. The summed E-state index contributed by atoms with van der Waals surface area (Å²) < 4.78 is 0. The van der Waals surface area contributed by atoms with Crippen LogP contribution < -0.4 is 0 Å². The maximum Gasteiger partial charge on any atom is 0.306 e. The second-order valence-electron chi connectivity index (χ2n) is 4.94. The molecule has 0 saturated heterocycles. The number of hydrogen-bond acceptors (Lipinski definition) is 2. The van der Waals surface area contributed by atoms with E-state index in [1.807, 2.05) is 7.05 Å². The number of carbonyl (C=O) groups is 1. The maximum atomic E-state index is 10.7. The minimum atomic E-state index is -0.712. The zero-order valence-corrected chi connectivity index (χ0v) is 11.5. The highest BCUT2D eigenvalue weighted by molar-refractivity contribution is 5.69. The molecular formula is C15H23NO2. The van der Waals surface area contributed by atoms with Crippen LogP contribution in [0.15, 0.2) is 24.3 Å². The molecule has 0 aliphatic rings. The van der Waals surface area contributed by atoms with Gasteiger partial charge in [-0.05, 0) is 37.6 Å². The zero-order valence-electron chi connectivity index (χ0n) is 11.5. The van der Waals surface area contributed by atoms with Crippen molar-refractivity contribution in [2.75, 3.05) is 13.6 Å². The molecule has 100 valence electrons. The first kappa shape index (κ1) is 14.7. The molecule has 1 aromatic carbocycles. The number of nitrogens with zero attached hydrogens (tertiary/aromatic N) is 1. The van der Waals surface area contributed by atoms with Gasteiger partial charge in [0.15, 0.2) is 0 Å². The predicted octanol–water partition coefficient (Wildman–Crippen LogP) is 2.79. The van der Waals surface area contributed by atoms with E-state index in [1.54, 1.807) is 6.92 Å². The van der Waals surface area contributed by atoms with Gasteiger partial charge in [0.2, 0.25) is 0 Å². The highest BCUT2D eigenvalue weighted by Gasteiger charge is 2.11. The van der Waals surface area contributed by atoms with Crippen LogP contribution in [0.1, 0.15) is 31.4 Å². The third-order valence-corrected chi connectivity index (χ3v) is 3.25. The molecule has 0 spiro atoms. The molecule has 1 aromatic rings. The summed E-state index contributed by atoms with van der Waals surface area (Å²) in [6, 6.07) is 8.61. The molecule has 0 bridgehead atoms. The molecule has 0 saturated carbocycles. The number of carboxylic acid groups (broad SMARTS) is 1. The summed E-state index contributed by atoms with van der Waals surface area (Å²) >= 11 is 0. The lowest BCUT2D eigenvalue weighted by Gasteiger charge is -2.18. The third-order valence-electron chi connectivity index (χ3n) is 3.25. The molecule has 1 unspecified atom stereocenters. The minimum Gasteiger partial charge on any atom is -0.481 e. The van der Waals surface area contributed by atoms with Crippen molar-refractivity contribution < 1.29 is 9.90 Å². The molecule has 0 aliphatic carbocycles. The Morgan fingerprint density at radius 3 is 2.33 bits per heavy atom. The Morgan fingerprint density at radius 1 is 1.28 bits per heavy atom. The van der Waals surface area contributed by atoms with Crippen LogP contribution in [-0.4, -0.2) is 29.6 Å². The summed E-state index contributed by atoms with van der Waals surface area (Å²) in [6.45, 7) is 5.58. The van der Waals surface area contributed by atoms with Crippen molar-refractivity contribution in [3.63, 3.8) is 0 Å². The molecule has 18 heavy (non-hydrogen) atoms. The first-order chi connectivity index (χ1) is 8.52. The number of aryl methyl sites for hydroxylation is 1. The molecule has 3 heteroatoms. The van der Waals surface area contributed by atoms with E-state index in [9.17, 15) is 4.79 Å². The largest absolute Gasteiger partial charge is 0.481 e. The molecule has 0 aliphatic heterocycles. The van der Waals surface area contributed by atoms with Crippen molar-refractivity contribution in [2.45, 2.75) is 33.2 Å². The van der Waals surface area contributed by atoms with E-state index < -0.39 is 5.97 Å². The van der Waals surface area contributed by atoms with Crippen LogP contribution in [0.3, 0.4) is 0 Å². The number of hydrogen-bond donors (Lipinski definition) is 1. The van der Waals surface area contributed by atoms with Crippen LogP contribution >= 0.6 is 0 Å². The van der Waals surface area contributed by atoms with Gasteiger partial charge in [0.1, 0.15) is 0 Å². The summed E-state index contributed by atoms with van der Waals surface area (Å²) in [5.74, 6) is -0.981. The highest BCUT2D eigenvalue weighted by Crippen LogP contribution is 2.09. The molecule has 0 fully saturated rings. The van der Waals surface area contributed by atoms with Gasteiger partial charge < -0.3 is 10.0 Å². The summed E-state index contributed by atoms with van der Waals surface area (Å²) in [5, 5.41) is 8.82. The number of rotatable bonds is 7. The maximum absolute atomic E-state index is 10.7. The van der Waals surface area contributed by atoms with Crippen LogP contribution in [0.4, 0.5) is 0 Å². The fourth-order valence-corrected chi connectivity index (χ4v) is 1.81. The summed E-state index contributed by atoms with van der Waals surface area (Å²) in [4.78, 5) is 12.9. The molecule has 0 heterocycles. The van der Waals surface area contributed by atoms with Gasteiger partial charge >= 0.3 is 5.97 Å². The van der Waals surface area contributed by atoms with E-state index in [0.29, 0.717) is 6.42 Å². The normalized spacial score (nSPS) is 12.7. The smallest absolute Gasteiger partial charge is 0.306 e. The fraction of sp³-hybridized carbons (Fsp3) is 0.533. The van der Waals surface area contributed by atoms with Crippen molar-refractivity contribution >= 4 is 5.97 Å². The standard InChI is InChI=1S/C15H23NO2/c1-4-13-5-7-14(8-6-13)11-16(3)10-9-12(2)15(17)18/h5-8,12H,4,9-11H2,1-3H3,(H,17,18). The Morgan fingerprint density at radius 2 is 1.83 bits per heavy atom. The van der Waals surface area contributed by atoms with Crippen LogP contribution in [-0.2, 0) is 17.8 Å². The van der Waals surface area contributed by atoms with E-state index >= 15 is 0 Å². The molecule has 1 rings (SSSR count). The molecule has 0 radical (unpaired) electrons. The van der Waals surface area contributed by atoms with Crippen molar-refractivity contribution in [1.82, 2.24) is 4.90 Å². The lowest BCUT2D eigenvalue weighted by Crippen LogP contribution is -2.23. The first-order valence-electron chi connectivity index (χ1n) is 6.52. The van der Waals surface area contributed by atoms with Crippen molar-refractivity contribution in [3.05, 3.63) is 35.4 Å². The lowest BCUT2D eigenvalue weighted by atomic mass is 10.1. The summed E-state index contributed by atoms with van der Waals surface area (Å²) in [5.41, 5.74) is 2.62. The monoisotopic (exact) mass is 249 g/mol. The second kappa shape index (κ2) is 7.17. The Hall–Kier alpha value is -1.35. The average Bonchev–Trinajstić information content (AvgIpc) is 2.36. The molecule has 1 N–H and O–H groups in total. The predicted molar refractivity (Wildman–Crippen MR) is 73.6 cm³/mol. The van der Waals surface area contributed by atoms with Gasteiger partial charge in [-0.2, -0.15) is 0 Å². The van der Waals surface area contributed by atoms with Gasteiger partial charge in [-0.15, -0.1) is 0 Å². The number of aliphatic carboxylic acids is 1. The number of benzene rings is 1. The quantitative estimate of drug-likeness (QED) is 0.807. The highest BCUT2D eigenvalue weighted by atomic mass is 16.4. The van der Waals surface area contributed by atoms with E-state index in [4.69, 9.17) is 5.11 Å². The average molecular weight is 249 g/mol. The van der Waals surface area contributed by atoms with Gasteiger partial charge in [0.25, 0.3) is 0 Å². The Labute approximate surface area is 109 Å². The van der Waals surface area contributed by atoms with Gasteiger partial charge in [-0.25, -0.2) is 0 Å². The molecule has 3 nitrogen and oxygen atoms in total. The van der Waals surface area contributed by atoms with E-state index in [2.05, 4.69) is 36.1 Å². The Kier molecular flexibility index (Phi) is 5.86. The Bertz CT molecular complexity index is 373. The fourth-order valence-electron chi connectivity index (χ4n) is 1.81. The number of carboxylic acids is 1.